The molecule has 1 aromatic carbocycles. The Morgan fingerprint density at radius 2 is 1.90 bits per heavy atom. The van der Waals surface area contributed by atoms with Gasteiger partial charge in [0.15, 0.2) is 10.9 Å². The van der Waals surface area contributed by atoms with E-state index >= 15 is 0 Å². The lowest BCUT2D eigenvalue weighted by Crippen LogP contribution is -2.50. The van der Waals surface area contributed by atoms with Crippen molar-refractivity contribution < 1.29 is 22.4 Å². The molecule has 1 fully saturated rings. The molecule has 1 atom stereocenters. The van der Waals surface area contributed by atoms with E-state index in [9.17, 15) is 22.4 Å². The molecule has 0 amide bonds. The number of hydrogen-bond donors (Lipinski definition) is 0. The fraction of sp³-hybridized carbons (Fsp3) is 0.259. The number of aryl methyl sites for hydroxylation is 1. The SMILES string of the molecule is Cn1ccnc1SN1CCC2=Cc3c(cnn3-c3ccc(F)cc3)C[C@]2(C(=O)c2cc(C(F)(F)F)ccn2)C1. The molecule has 1 aliphatic carbocycles. The van der Waals surface area contributed by atoms with Gasteiger partial charge in [-0.1, -0.05) is 5.57 Å². The van der Waals surface area contributed by atoms with E-state index in [0.29, 0.717) is 18.7 Å². The molecule has 6 rings (SSSR count). The third-order valence-electron chi connectivity index (χ3n) is 7.19. The Morgan fingerprint density at radius 1 is 1.10 bits per heavy atom. The highest BCUT2D eigenvalue weighted by Crippen LogP contribution is 2.48. The van der Waals surface area contributed by atoms with Crippen LogP contribution in [0.25, 0.3) is 11.8 Å². The van der Waals surface area contributed by atoms with E-state index in [1.54, 1.807) is 29.2 Å². The summed E-state index contributed by atoms with van der Waals surface area (Å²) in [7, 11) is 1.87. The summed E-state index contributed by atoms with van der Waals surface area (Å²) in [5.41, 5.74) is 0.717. The molecule has 4 heterocycles. The topological polar surface area (TPSA) is 68.8 Å². The summed E-state index contributed by atoms with van der Waals surface area (Å²) in [6.07, 6.45) is 4.25. The van der Waals surface area contributed by atoms with E-state index in [2.05, 4.69) is 15.1 Å². The number of pyridine rings is 1. The van der Waals surface area contributed by atoms with Gasteiger partial charge in [-0.3, -0.25) is 9.78 Å². The minimum absolute atomic E-state index is 0.228. The summed E-state index contributed by atoms with van der Waals surface area (Å²) in [5.74, 6) is -0.834. The molecule has 0 radical (unpaired) electrons. The number of piperidine rings is 1. The number of hydrogen-bond acceptors (Lipinski definition) is 6. The quantitative estimate of drug-likeness (QED) is 0.188. The average molecular weight is 555 g/mol. The number of carbonyl (C=O) groups is 1. The summed E-state index contributed by atoms with van der Waals surface area (Å²) in [6, 6.07) is 7.62. The van der Waals surface area contributed by atoms with Crippen LogP contribution < -0.4 is 0 Å². The predicted molar refractivity (Wildman–Crippen MR) is 136 cm³/mol. The molecule has 2 aliphatic rings. The second-order valence-electron chi connectivity index (χ2n) is 9.65. The Balaban J connectivity index is 1.42. The summed E-state index contributed by atoms with van der Waals surface area (Å²) in [5, 5.41) is 5.24. The fourth-order valence-electron chi connectivity index (χ4n) is 5.21. The Morgan fingerprint density at radius 3 is 2.62 bits per heavy atom. The third-order valence-corrected chi connectivity index (χ3v) is 8.32. The van der Waals surface area contributed by atoms with Crippen molar-refractivity contribution in [3.05, 3.63) is 95.1 Å². The molecule has 1 aliphatic heterocycles. The number of halogens is 4. The molecule has 0 saturated carbocycles. The number of alkyl halides is 3. The number of fused-ring (bicyclic) bond motifs is 2. The second kappa shape index (κ2) is 9.45. The van der Waals surface area contributed by atoms with Crippen LogP contribution in [-0.2, 0) is 19.6 Å². The molecule has 12 heteroatoms. The average Bonchev–Trinajstić information content (AvgIpc) is 3.52. The van der Waals surface area contributed by atoms with E-state index in [-0.39, 0.29) is 24.5 Å². The fourth-order valence-corrected chi connectivity index (χ4v) is 6.21. The first-order chi connectivity index (χ1) is 18.6. The third kappa shape index (κ3) is 4.57. The number of benzene rings is 1. The van der Waals surface area contributed by atoms with Crippen LogP contribution in [0.2, 0.25) is 0 Å². The van der Waals surface area contributed by atoms with Gasteiger partial charge < -0.3 is 4.57 Å². The lowest BCUT2D eigenvalue weighted by atomic mass is 9.65. The second-order valence-corrected chi connectivity index (χ2v) is 10.7. The van der Waals surface area contributed by atoms with Gasteiger partial charge in [-0.2, -0.15) is 18.3 Å². The van der Waals surface area contributed by atoms with Gasteiger partial charge in [-0.25, -0.2) is 18.4 Å². The summed E-state index contributed by atoms with van der Waals surface area (Å²) < 4.78 is 59.6. The van der Waals surface area contributed by atoms with Gasteiger partial charge in [-0.05, 0) is 72.8 Å². The van der Waals surface area contributed by atoms with Crippen molar-refractivity contribution in [1.29, 1.82) is 0 Å². The van der Waals surface area contributed by atoms with Gasteiger partial charge in [0, 0.05) is 38.7 Å². The zero-order valence-electron chi connectivity index (χ0n) is 20.7. The zero-order chi connectivity index (χ0) is 27.4. The van der Waals surface area contributed by atoms with Crippen LogP contribution in [0.5, 0.6) is 0 Å². The first-order valence-corrected chi connectivity index (χ1v) is 12.9. The van der Waals surface area contributed by atoms with Gasteiger partial charge >= 0.3 is 6.18 Å². The minimum Gasteiger partial charge on any atom is -0.328 e. The van der Waals surface area contributed by atoms with E-state index < -0.39 is 22.9 Å². The maximum absolute atomic E-state index is 14.2. The van der Waals surface area contributed by atoms with Crippen molar-refractivity contribution in [1.82, 2.24) is 28.6 Å². The van der Waals surface area contributed by atoms with Gasteiger partial charge in [-0.15, -0.1) is 0 Å². The van der Waals surface area contributed by atoms with Crippen molar-refractivity contribution in [2.24, 2.45) is 12.5 Å². The number of carbonyl (C=O) groups excluding carboxylic acids is 1. The summed E-state index contributed by atoms with van der Waals surface area (Å²) >= 11 is 1.41. The highest BCUT2D eigenvalue weighted by atomic mass is 32.2. The Kier molecular flexibility index (Phi) is 6.18. The highest BCUT2D eigenvalue weighted by molar-refractivity contribution is 7.96. The van der Waals surface area contributed by atoms with Crippen LogP contribution in [-0.4, -0.2) is 47.5 Å². The predicted octanol–water partition coefficient (Wildman–Crippen LogP) is 5.38. The molecule has 4 aromatic rings. The van der Waals surface area contributed by atoms with Gasteiger partial charge in [0.2, 0.25) is 0 Å². The number of imidazole rings is 1. The Bertz CT molecular complexity index is 1590. The monoisotopic (exact) mass is 554 g/mol. The molecule has 3 aromatic heterocycles. The lowest BCUT2D eigenvalue weighted by Gasteiger charge is -2.44. The van der Waals surface area contributed by atoms with Crippen LogP contribution in [0.4, 0.5) is 17.6 Å². The number of aromatic nitrogens is 5. The van der Waals surface area contributed by atoms with Crippen LogP contribution >= 0.6 is 11.9 Å². The van der Waals surface area contributed by atoms with Crippen molar-refractivity contribution in [3.8, 4) is 5.69 Å². The molecular formula is C27H22F4N6OS. The van der Waals surface area contributed by atoms with Gasteiger partial charge in [0.05, 0.1) is 28.6 Å². The standard InChI is InChI=1S/C27H22F4N6OS/c1-35-11-9-33-25(35)39-36-10-7-18-13-23-17(15-34-37(23)21-4-2-20(28)3-5-21)14-26(18,16-36)24(38)22-12-19(6-8-32-22)27(29,30)31/h2-6,8-9,11-13,15H,7,10,14,16H2,1H3/t26-/m0/s1. The van der Waals surface area contributed by atoms with Crippen molar-refractivity contribution >= 4 is 23.8 Å². The molecule has 0 spiro atoms. The van der Waals surface area contributed by atoms with Crippen molar-refractivity contribution in [2.45, 2.75) is 24.2 Å². The molecule has 1 saturated heterocycles. The van der Waals surface area contributed by atoms with Gasteiger partial charge in [0.1, 0.15) is 11.5 Å². The minimum atomic E-state index is -4.60. The lowest BCUT2D eigenvalue weighted by molar-refractivity contribution is -0.137. The molecule has 200 valence electrons. The summed E-state index contributed by atoms with van der Waals surface area (Å²) in [4.78, 5) is 22.6. The Labute approximate surface area is 225 Å². The van der Waals surface area contributed by atoms with E-state index in [1.165, 1.54) is 24.1 Å². The molecule has 0 N–H and O–H groups in total. The molecule has 39 heavy (non-hydrogen) atoms. The van der Waals surface area contributed by atoms with Crippen LogP contribution in [0.1, 0.15) is 33.7 Å². The van der Waals surface area contributed by atoms with Gasteiger partial charge in [0.25, 0.3) is 0 Å². The highest BCUT2D eigenvalue weighted by Gasteiger charge is 2.50. The maximum atomic E-state index is 14.2. The largest absolute Gasteiger partial charge is 0.416 e. The van der Waals surface area contributed by atoms with Crippen LogP contribution in [0, 0.1) is 11.2 Å². The van der Waals surface area contributed by atoms with Crippen LogP contribution in [0.15, 0.2) is 71.9 Å². The zero-order valence-corrected chi connectivity index (χ0v) is 21.5. The normalized spacial score (nSPS) is 19.4. The van der Waals surface area contributed by atoms with E-state index in [0.717, 1.165) is 40.3 Å². The van der Waals surface area contributed by atoms with Crippen molar-refractivity contribution in [2.75, 3.05) is 13.1 Å². The van der Waals surface area contributed by atoms with E-state index in [4.69, 9.17) is 0 Å². The summed E-state index contributed by atoms with van der Waals surface area (Å²) in [6.45, 7) is 0.864. The number of nitrogens with zero attached hydrogens (tertiary/aromatic N) is 6. The van der Waals surface area contributed by atoms with Crippen LogP contribution in [0.3, 0.4) is 0 Å². The first kappa shape index (κ1) is 25.5. The number of Topliss-reactive ketones (excluding diaryl/α,β-unsaturated/α-hetero) is 1. The van der Waals surface area contributed by atoms with E-state index in [1.807, 2.05) is 28.2 Å². The van der Waals surface area contributed by atoms with Crippen molar-refractivity contribution in [3.63, 3.8) is 0 Å². The maximum Gasteiger partial charge on any atom is 0.416 e. The molecule has 0 unspecified atom stereocenters. The number of rotatable bonds is 5. The Hall–Kier alpha value is -3.77. The molecule has 7 nitrogen and oxygen atoms in total. The first-order valence-electron chi connectivity index (χ1n) is 12.2. The number of ketones is 1. The molecule has 0 bridgehead atoms. The molecular weight excluding hydrogens is 532 g/mol. The smallest absolute Gasteiger partial charge is 0.328 e.